The quantitative estimate of drug-likeness (QED) is 0.754. The summed E-state index contributed by atoms with van der Waals surface area (Å²) in [5.41, 5.74) is 0.674. The molecule has 0 unspecified atom stereocenters. The predicted octanol–water partition coefficient (Wildman–Crippen LogP) is 2.04. The minimum absolute atomic E-state index is 0.430. The van der Waals surface area contributed by atoms with Crippen LogP contribution in [0.2, 0.25) is 0 Å². The number of para-hydroxylation sites is 1. The molecular formula is C12H17NO4. The van der Waals surface area contributed by atoms with Gasteiger partial charge in [-0.1, -0.05) is 18.2 Å². The number of hydrogen-bond donors (Lipinski definition) is 0. The molecular weight excluding hydrogens is 222 g/mol. The number of hydrogen-bond acceptors (Lipinski definition) is 4. The zero-order valence-corrected chi connectivity index (χ0v) is 10.5. The lowest BCUT2D eigenvalue weighted by atomic mass is 10.2. The van der Waals surface area contributed by atoms with Gasteiger partial charge >= 0.3 is 6.09 Å². The predicted molar refractivity (Wildman–Crippen MR) is 62.9 cm³/mol. The van der Waals surface area contributed by atoms with E-state index in [1.165, 1.54) is 19.1 Å². The summed E-state index contributed by atoms with van der Waals surface area (Å²) in [6.45, 7) is 0. The molecule has 1 rings (SSSR count). The second kappa shape index (κ2) is 6.22. The van der Waals surface area contributed by atoms with E-state index in [4.69, 9.17) is 14.2 Å². The van der Waals surface area contributed by atoms with Crippen molar-refractivity contribution in [2.75, 3.05) is 28.3 Å². The smallest absolute Gasteiger partial charge is 0.410 e. The van der Waals surface area contributed by atoms with Gasteiger partial charge in [0.05, 0.1) is 5.56 Å². The van der Waals surface area contributed by atoms with Crippen LogP contribution in [0.4, 0.5) is 4.79 Å². The van der Waals surface area contributed by atoms with Crippen LogP contribution in [0.1, 0.15) is 11.9 Å². The molecule has 0 aliphatic carbocycles. The van der Waals surface area contributed by atoms with Crippen molar-refractivity contribution >= 4 is 6.09 Å². The van der Waals surface area contributed by atoms with Gasteiger partial charge in [0.15, 0.2) is 6.29 Å². The van der Waals surface area contributed by atoms with Crippen LogP contribution in [0.15, 0.2) is 24.3 Å². The topological polar surface area (TPSA) is 48.0 Å². The molecule has 5 heteroatoms. The second-order valence-electron chi connectivity index (χ2n) is 3.60. The van der Waals surface area contributed by atoms with E-state index >= 15 is 0 Å². The van der Waals surface area contributed by atoms with Crippen LogP contribution >= 0.6 is 0 Å². The average molecular weight is 239 g/mol. The van der Waals surface area contributed by atoms with E-state index < -0.39 is 12.4 Å². The monoisotopic (exact) mass is 239 g/mol. The molecule has 0 fully saturated rings. The zero-order chi connectivity index (χ0) is 12.8. The molecule has 94 valence electrons. The van der Waals surface area contributed by atoms with Crippen molar-refractivity contribution < 1.29 is 19.0 Å². The van der Waals surface area contributed by atoms with Gasteiger partial charge in [-0.15, -0.1) is 0 Å². The molecule has 0 saturated carbocycles. The molecule has 0 radical (unpaired) electrons. The molecule has 0 aliphatic rings. The third kappa shape index (κ3) is 3.44. The molecule has 0 aliphatic heterocycles. The van der Waals surface area contributed by atoms with Crippen LogP contribution in [0.5, 0.6) is 5.75 Å². The first-order chi connectivity index (χ1) is 8.10. The van der Waals surface area contributed by atoms with Crippen LogP contribution in [-0.2, 0) is 9.47 Å². The fraction of sp³-hybridized carbons (Fsp3) is 0.417. The third-order valence-corrected chi connectivity index (χ3v) is 2.16. The number of nitrogens with zero attached hydrogens (tertiary/aromatic N) is 1. The summed E-state index contributed by atoms with van der Waals surface area (Å²) in [5, 5.41) is 0. The van der Waals surface area contributed by atoms with Gasteiger partial charge in [0, 0.05) is 28.3 Å². The number of methoxy groups -OCH3 is 2. The Morgan fingerprint density at radius 3 is 2.29 bits per heavy atom. The number of benzene rings is 1. The van der Waals surface area contributed by atoms with Crippen LogP contribution < -0.4 is 4.74 Å². The standard InChI is InChI=1S/C12H17NO4/c1-13(2)12(14)17-10-8-6-5-7-9(10)11(15-3)16-4/h5-8,11H,1-4H3. The molecule has 5 nitrogen and oxygen atoms in total. The molecule has 0 atom stereocenters. The van der Waals surface area contributed by atoms with Gasteiger partial charge in [-0.2, -0.15) is 0 Å². The van der Waals surface area contributed by atoms with Gasteiger partial charge in [-0.05, 0) is 6.07 Å². The Bertz CT molecular complexity index is 375. The largest absolute Gasteiger partial charge is 0.414 e. The van der Waals surface area contributed by atoms with Gasteiger partial charge in [-0.25, -0.2) is 4.79 Å². The number of carbonyl (C=O) groups excluding carboxylic acids is 1. The Morgan fingerprint density at radius 2 is 1.76 bits per heavy atom. The van der Waals surface area contributed by atoms with Gasteiger partial charge in [0.2, 0.25) is 0 Å². The number of carbonyl (C=O) groups is 1. The average Bonchev–Trinajstić information content (AvgIpc) is 2.32. The summed E-state index contributed by atoms with van der Waals surface area (Å²) < 4.78 is 15.5. The Labute approximate surface area is 101 Å². The highest BCUT2D eigenvalue weighted by Gasteiger charge is 2.17. The molecule has 0 spiro atoms. The molecule has 1 amide bonds. The van der Waals surface area contributed by atoms with Crippen molar-refractivity contribution in [2.24, 2.45) is 0 Å². The van der Waals surface area contributed by atoms with Crippen molar-refractivity contribution in [1.82, 2.24) is 4.90 Å². The van der Waals surface area contributed by atoms with Crippen molar-refractivity contribution in [3.05, 3.63) is 29.8 Å². The highest BCUT2D eigenvalue weighted by molar-refractivity contribution is 5.70. The van der Waals surface area contributed by atoms with E-state index in [1.807, 2.05) is 6.07 Å². The summed E-state index contributed by atoms with van der Waals surface area (Å²) in [5.74, 6) is 0.430. The summed E-state index contributed by atoms with van der Waals surface area (Å²) in [4.78, 5) is 12.8. The summed E-state index contributed by atoms with van der Waals surface area (Å²) in [7, 11) is 6.29. The minimum atomic E-state index is -0.554. The number of amides is 1. The molecule has 0 aromatic heterocycles. The highest BCUT2D eigenvalue weighted by Crippen LogP contribution is 2.27. The lowest BCUT2D eigenvalue weighted by molar-refractivity contribution is -0.106. The summed E-state index contributed by atoms with van der Waals surface area (Å²) >= 11 is 0. The highest BCUT2D eigenvalue weighted by atomic mass is 16.7. The number of rotatable bonds is 4. The van der Waals surface area contributed by atoms with E-state index in [-0.39, 0.29) is 0 Å². The van der Waals surface area contributed by atoms with Gasteiger partial charge in [0.1, 0.15) is 5.75 Å². The van der Waals surface area contributed by atoms with Gasteiger partial charge in [-0.3, -0.25) is 0 Å². The van der Waals surface area contributed by atoms with E-state index in [2.05, 4.69) is 0 Å². The Balaban J connectivity index is 2.95. The van der Waals surface area contributed by atoms with Crippen molar-refractivity contribution in [2.45, 2.75) is 6.29 Å². The first-order valence-corrected chi connectivity index (χ1v) is 5.13. The maximum absolute atomic E-state index is 11.5. The van der Waals surface area contributed by atoms with E-state index in [1.54, 1.807) is 32.3 Å². The van der Waals surface area contributed by atoms with Crippen LogP contribution in [0, 0.1) is 0 Å². The van der Waals surface area contributed by atoms with E-state index in [9.17, 15) is 4.79 Å². The molecule has 17 heavy (non-hydrogen) atoms. The maximum Gasteiger partial charge on any atom is 0.414 e. The van der Waals surface area contributed by atoms with Crippen molar-refractivity contribution in [3.63, 3.8) is 0 Å². The Morgan fingerprint density at radius 1 is 1.18 bits per heavy atom. The molecule has 1 aromatic rings. The van der Waals surface area contributed by atoms with E-state index in [0.29, 0.717) is 11.3 Å². The van der Waals surface area contributed by atoms with E-state index in [0.717, 1.165) is 0 Å². The lowest BCUT2D eigenvalue weighted by Gasteiger charge is -2.18. The SMILES string of the molecule is COC(OC)c1ccccc1OC(=O)N(C)C. The van der Waals surface area contributed by atoms with Gasteiger partial charge in [0.25, 0.3) is 0 Å². The first-order valence-electron chi connectivity index (χ1n) is 5.13. The second-order valence-corrected chi connectivity index (χ2v) is 3.60. The fourth-order valence-corrected chi connectivity index (χ4v) is 1.30. The molecule has 0 saturated heterocycles. The Kier molecular flexibility index (Phi) is 4.93. The summed E-state index contributed by atoms with van der Waals surface area (Å²) in [6.07, 6.45) is -0.996. The number of ether oxygens (including phenoxy) is 3. The van der Waals surface area contributed by atoms with Crippen molar-refractivity contribution in [3.8, 4) is 5.75 Å². The van der Waals surface area contributed by atoms with Crippen molar-refractivity contribution in [1.29, 1.82) is 0 Å². The Hall–Kier alpha value is -1.59. The summed E-state index contributed by atoms with van der Waals surface area (Å²) in [6, 6.07) is 7.09. The molecule has 0 N–H and O–H groups in total. The maximum atomic E-state index is 11.5. The van der Waals surface area contributed by atoms with Crippen LogP contribution in [0.3, 0.4) is 0 Å². The van der Waals surface area contributed by atoms with Gasteiger partial charge < -0.3 is 19.1 Å². The van der Waals surface area contributed by atoms with Crippen LogP contribution in [0.25, 0.3) is 0 Å². The minimum Gasteiger partial charge on any atom is -0.410 e. The molecule has 0 heterocycles. The lowest BCUT2D eigenvalue weighted by Crippen LogP contribution is -2.26. The molecule has 0 bridgehead atoms. The third-order valence-electron chi connectivity index (χ3n) is 2.16. The fourth-order valence-electron chi connectivity index (χ4n) is 1.30. The first kappa shape index (κ1) is 13.5. The normalized spacial score (nSPS) is 10.4. The molecule has 1 aromatic carbocycles. The van der Waals surface area contributed by atoms with Crippen LogP contribution in [-0.4, -0.2) is 39.3 Å². The zero-order valence-electron chi connectivity index (χ0n) is 10.5.